The predicted molar refractivity (Wildman–Crippen MR) is 90.1 cm³/mol. The van der Waals surface area contributed by atoms with E-state index < -0.39 is 11.8 Å². The zero-order valence-corrected chi connectivity index (χ0v) is 13.2. The highest BCUT2D eigenvalue weighted by Gasteiger charge is 2.13. The standard InChI is InChI=1S/C18H16FN3O2/c1-22(2)11-7-8-15-12(9-11)17(13(10-20-15)18(23)24)21-16-6-4-3-5-14(16)19/h3-10H,1-2H3,(H,20,21)(H,23,24)/p-1. The molecule has 0 bridgehead atoms. The molecule has 6 heteroatoms. The largest absolute Gasteiger partial charge is 0.545 e. The number of carboxylic acid groups (broad SMARTS) is 1. The number of aromatic carboxylic acids is 1. The van der Waals surface area contributed by atoms with Gasteiger partial charge in [-0.3, -0.25) is 4.98 Å². The molecule has 0 radical (unpaired) electrons. The Morgan fingerprint density at radius 1 is 1.21 bits per heavy atom. The van der Waals surface area contributed by atoms with E-state index >= 15 is 0 Å². The van der Waals surface area contributed by atoms with E-state index in [2.05, 4.69) is 10.3 Å². The maximum absolute atomic E-state index is 14.0. The van der Waals surface area contributed by atoms with Gasteiger partial charge in [-0.05, 0) is 30.3 Å². The van der Waals surface area contributed by atoms with Gasteiger partial charge in [0.1, 0.15) is 5.82 Å². The number of hydrogen-bond acceptors (Lipinski definition) is 5. The highest BCUT2D eigenvalue weighted by atomic mass is 19.1. The van der Waals surface area contributed by atoms with Crippen LogP contribution in [0.15, 0.2) is 48.7 Å². The van der Waals surface area contributed by atoms with Gasteiger partial charge in [-0.15, -0.1) is 0 Å². The lowest BCUT2D eigenvalue weighted by atomic mass is 10.1. The number of carbonyl (C=O) groups is 1. The fourth-order valence-corrected chi connectivity index (χ4v) is 2.45. The van der Waals surface area contributed by atoms with Crippen molar-refractivity contribution in [1.29, 1.82) is 0 Å². The first-order chi connectivity index (χ1) is 11.5. The normalized spacial score (nSPS) is 10.6. The van der Waals surface area contributed by atoms with Gasteiger partial charge in [-0.25, -0.2) is 4.39 Å². The van der Waals surface area contributed by atoms with Gasteiger partial charge >= 0.3 is 0 Å². The molecule has 0 aliphatic rings. The number of halogens is 1. The van der Waals surface area contributed by atoms with E-state index in [1.807, 2.05) is 25.1 Å². The molecule has 0 unspecified atom stereocenters. The lowest BCUT2D eigenvalue weighted by Gasteiger charge is -2.18. The maximum atomic E-state index is 14.0. The van der Waals surface area contributed by atoms with Crippen LogP contribution in [-0.2, 0) is 0 Å². The van der Waals surface area contributed by atoms with Gasteiger partial charge in [0.25, 0.3) is 0 Å². The van der Waals surface area contributed by atoms with Gasteiger partial charge in [0.15, 0.2) is 0 Å². The number of pyridine rings is 1. The minimum absolute atomic E-state index is 0.123. The van der Waals surface area contributed by atoms with Gasteiger partial charge in [-0.1, -0.05) is 12.1 Å². The summed E-state index contributed by atoms with van der Waals surface area (Å²) in [5, 5.41) is 14.9. The number of fused-ring (bicyclic) bond motifs is 1. The van der Waals surface area contributed by atoms with Gasteiger partial charge < -0.3 is 20.1 Å². The highest BCUT2D eigenvalue weighted by molar-refractivity contribution is 6.05. The van der Waals surface area contributed by atoms with E-state index in [1.165, 1.54) is 18.3 Å². The number of rotatable bonds is 4. The highest BCUT2D eigenvalue weighted by Crippen LogP contribution is 2.32. The molecule has 0 aliphatic heterocycles. The van der Waals surface area contributed by atoms with Crippen LogP contribution in [0.5, 0.6) is 0 Å². The fraction of sp³-hybridized carbons (Fsp3) is 0.111. The van der Waals surface area contributed by atoms with Crippen molar-refractivity contribution in [2.45, 2.75) is 0 Å². The molecule has 1 heterocycles. The van der Waals surface area contributed by atoms with Crippen LogP contribution in [0, 0.1) is 5.82 Å². The Hall–Kier alpha value is -3.15. The van der Waals surface area contributed by atoms with Crippen LogP contribution in [0.3, 0.4) is 0 Å². The minimum Gasteiger partial charge on any atom is -0.545 e. The average Bonchev–Trinajstić information content (AvgIpc) is 2.56. The molecule has 1 N–H and O–H groups in total. The second kappa shape index (κ2) is 6.16. The molecule has 0 amide bonds. The molecular weight excluding hydrogens is 309 g/mol. The summed E-state index contributed by atoms with van der Waals surface area (Å²) in [5.74, 6) is -1.85. The van der Waals surface area contributed by atoms with E-state index in [-0.39, 0.29) is 16.9 Å². The van der Waals surface area contributed by atoms with Crippen molar-refractivity contribution in [2.24, 2.45) is 0 Å². The average molecular weight is 324 g/mol. The molecule has 0 saturated heterocycles. The molecule has 1 aromatic heterocycles. The van der Waals surface area contributed by atoms with Gasteiger partial charge in [0.05, 0.1) is 22.9 Å². The summed E-state index contributed by atoms with van der Waals surface area (Å²) in [6, 6.07) is 11.5. The molecule has 3 rings (SSSR count). The van der Waals surface area contributed by atoms with Gasteiger partial charge in [0, 0.05) is 36.9 Å². The molecular formula is C18H15FN3O2-. The second-order valence-electron chi connectivity index (χ2n) is 5.54. The van der Waals surface area contributed by atoms with Crippen LogP contribution in [0.1, 0.15) is 10.4 Å². The molecule has 24 heavy (non-hydrogen) atoms. The Morgan fingerprint density at radius 2 is 1.96 bits per heavy atom. The van der Waals surface area contributed by atoms with E-state index in [4.69, 9.17) is 0 Å². The number of benzene rings is 2. The third kappa shape index (κ3) is 2.86. The van der Waals surface area contributed by atoms with E-state index in [9.17, 15) is 14.3 Å². The maximum Gasteiger partial charge on any atom is 0.146 e. The molecule has 122 valence electrons. The summed E-state index contributed by atoms with van der Waals surface area (Å²) in [6.07, 6.45) is 1.22. The first-order valence-electron chi connectivity index (χ1n) is 7.30. The second-order valence-corrected chi connectivity index (χ2v) is 5.54. The molecule has 0 spiro atoms. The Balaban J connectivity index is 2.25. The van der Waals surface area contributed by atoms with Crippen LogP contribution in [0.25, 0.3) is 10.9 Å². The third-order valence-corrected chi connectivity index (χ3v) is 3.72. The predicted octanol–water partition coefficient (Wildman–Crippen LogP) is 2.55. The number of anilines is 3. The van der Waals surface area contributed by atoms with Crippen molar-refractivity contribution in [3.05, 3.63) is 60.0 Å². The van der Waals surface area contributed by atoms with E-state index in [1.54, 1.807) is 24.3 Å². The lowest BCUT2D eigenvalue weighted by molar-refractivity contribution is -0.254. The van der Waals surface area contributed by atoms with Crippen LogP contribution >= 0.6 is 0 Å². The zero-order chi connectivity index (χ0) is 17.3. The Kier molecular flexibility index (Phi) is 4.04. The van der Waals surface area contributed by atoms with Crippen molar-refractivity contribution in [3.63, 3.8) is 0 Å². The number of nitrogens with zero attached hydrogens (tertiary/aromatic N) is 2. The molecule has 0 fully saturated rings. The van der Waals surface area contributed by atoms with E-state index in [0.717, 1.165) is 5.69 Å². The number of carboxylic acids is 1. The van der Waals surface area contributed by atoms with Gasteiger partial charge in [-0.2, -0.15) is 0 Å². The van der Waals surface area contributed by atoms with E-state index in [0.29, 0.717) is 10.9 Å². The summed E-state index contributed by atoms with van der Waals surface area (Å²) in [5.41, 5.74) is 1.79. The lowest BCUT2D eigenvalue weighted by Crippen LogP contribution is -2.23. The molecule has 2 aromatic carbocycles. The smallest absolute Gasteiger partial charge is 0.146 e. The molecule has 5 nitrogen and oxygen atoms in total. The van der Waals surface area contributed by atoms with Crippen molar-refractivity contribution in [2.75, 3.05) is 24.3 Å². The Labute approximate surface area is 138 Å². The van der Waals surface area contributed by atoms with Crippen LogP contribution in [0.2, 0.25) is 0 Å². The third-order valence-electron chi connectivity index (χ3n) is 3.72. The van der Waals surface area contributed by atoms with Crippen molar-refractivity contribution in [1.82, 2.24) is 4.98 Å². The van der Waals surface area contributed by atoms with Crippen molar-refractivity contribution < 1.29 is 14.3 Å². The van der Waals surface area contributed by atoms with Crippen molar-refractivity contribution >= 4 is 33.9 Å². The summed E-state index contributed by atoms with van der Waals surface area (Å²) in [7, 11) is 3.75. The minimum atomic E-state index is -1.38. The number of hydrogen-bond donors (Lipinski definition) is 1. The molecule has 0 saturated carbocycles. The number of para-hydroxylation sites is 1. The van der Waals surface area contributed by atoms with Crippen LogP contribution in [-0.4, -0.2) is 25.0 Å². The Bertz CT molecular complexity index is 925. The van der Waals surface area contributed by atoms with Crippen LogP contribution in [0.4, 0.5) is 21.5 Å². The fourth-order valence-electron chi connectivity index (χ4n) is 2.45. The Morgan fingerprint density at radius 3 is 2.62 bits per heavy atom. The number of carbonyl (C=O) groups excluding carboxylic acids is 1. The first kappa shape index (κ1) is 15.7. The monoisotopic (exact) mass is 324 g/mol. The molecule has 0 atom stereocenters. The van der Waals surface area contributed by atoms with Gasteiger partial charge in [0.2, 0.25) is 0 Å². The van der Waals surface area contributed by atoms with Crippen molar-refractivity contribution in [3.8, 4) is 0 Å². The summed E-state index contributed by atoms with van der Waals surface area (Å²) >= 11 is 0. The number of nitrogens with one attached hydrogen (secondary N) is 1. The topological polar surface area (TPSA) is 68.3 Å². The summed E-state index contributed by atoms with van der Waals surface area (Å²) in [4.78, 5) is 17.5. The summed E-state index contributed by atoms with van der Waals surface area (Å²) in [6.45, 7) is 0. The first-order valence-corrected chi connectivity index (χ1v) is 7.30. The zero-order valence-electron chi connectivity index (χ0n) is 13.2. The molecule has 0 aliphatic carbocycles. The molecule has 3 aromatic rings. The quantitative estimate of drug-likeness (QED) is 0.799. The summed E-state index contributed by atoms with van der Waals surface area (Å²) < 4.78 is 14.0. The number of aromatic nitrogens is 1. The SMILES string of the molecule is CN(C)c1ccc2ncc(C(=O)[O-])c(Nc3ccccc3F)c2c1. The van der Waals surface area contributed by atoms with Crippen LogP contribution < -0.4 is 15.3 Å².